The molecule has 0 aromatic heterocycles. The first-order valence-electron chi connectivity index (χ1n) is 6.74. The normalized spacial score (nSPS) is 21.6. The van der Waals surface area contributed by atoms with Crippen LogP contribution in [0.5, 0.6) is 0 Å². The first-order valence-corrected chi connectivity index (χ1v) is 6.74. The summed E-state index contributed by atoms with van der Waals surface area (Å²) >= 11 is 0. The zero-order valence-electron chi connectivity index (χ0n) is 11.0. The smallest absolute Gasteiger partial charge is 0.0253 e. The summed E-state index contributed by atoms with van der Waals surface area (Å²) in [4.78, 5) is 0. The molecule has 17 heavy (non-hydrogen) atoms. The van der Waals surface area contributed by atoms with Crippen molar-refractivity contribution in [2.24, 2.45) is 0 Å². The summed E-state index contributed by atoms with van der Waals surface area (Å²) in [6.45, 7) is 5.50. The van der Waals surface area contributed by atoms with E-state index in [1.165, 1.54) is 48.9 Å². The Kier molecular flexibility index (Phi) is 4.38. The quantitative estimate of drug-likeness (QED) is 0.812. The van der Waals surface area contributed by atoms with Crippen molar-refractivity contribution in [3.63, 3.8) is 0 Å². The van der Waals surface area contributed by atoms with Crippen LogP contribution in [0.4, 0.5) is 0 Å². The van der Waals surface area contributed by atoms with Gasteiger partial charge in [0.05, 0.1) is 0 Å². The second-order valence-electron chi connectivity index (χ2n) is 5.13. The van der Waals surface area contributed by atoms with E-state index in [1.807, 2.05) is 0 Å². The first kappa shape index (κ1) is 12.4. The predicted molar refractivity (Wildman–Crippen MR) is 75.2 cm³/mol. The number of rotatable bonds is 2. The minimum atomic E-state index is 0.567. The summed E-state index contributed by atoms with van der Waals surface area (Å²) < 4.78 is 0. The molecule has 1 aromatic rings. The molecule has 1 N–H and O–H groups in total. The zero-order chi connectivity index (χ0) is 12.1. The molecule has 1 fully saturated rings. The lowest BCUT2D eigenvalue weighted by Crippen LogP contribution is -2.25. The first-order chi connectivity index (χ1) is 8.25. The molecule has 1 aliphatic heterocycles. The standard InChI is InChI=1S/C16H23N/c1-13-7-8-14(2)15(12-13)9-10-16-6-4-3-5-11-17-16/h7-10,12,16-17H,3-6,11H2,1-2H3/b10-9+. The highest BCUT2D eigenvalue weighted by molar-refractivity contribution is 5.55. The van der Waals surface area contributed by atoms with Crippen LogP contribution in [0.2, 0.25) is 0 Å². The number of nitrogens with one attached hydrogen (secondary N) is 1. The molecule has 1 heteroatoms. The molecule has 1 unspecified atom stereocenters. The Balaban J connectivity index is 2.05. The van der Waals surface area contributed by atoms with Gasteiger partial charge in [-0.1, -0.05) is 48.8 Å². The van der Waals surface area contributed by atoms with Crippen molar-refractivity contribution >= 4 is 6.08 Å². The van der Waals surface area contributed by atoms with Crippen LogP contribution in [-0.2, 0) is 0 Å². The average Bonchev–Trinajstić information content (AvgIpc) is 2.59. The Bertz CT molecular complexity index is 385. The van der Waals surface area contributed by atoms with Gasteiger partial charge < -0.3 is 5.32 Å². The van der Waals surface area contributed by atoms with E-state index in [1.54, 1.807) is 0 Å². The van der Waals surface area contributed by atoms with E-state index in [9.17, 15) is 0 Å². The molecule has 0 amide bonds. The van der Waals surface area contributed by atoms with E-state index >= 15 is 0 Å². The monoisotopic (exact) mass is 229 g/mol. The second kappa shape index (κ2) is 6.02. The number of aryl methyl sites for hydroxylation is 2. The summed E-state index contributed by atoms with van der Waals surface area (Å²) in [5, 5.41) is 3.60. The lowest BCUT2D eigenvalue weighted by molar-refractivity contribution is 0.599. The lowest BCUT2D eigenvalue weighted by Gasteiger charge is -2.10. The lowest BCUT2D eigenvalue weighted by atomic mass is 10.0. The number of benzene rings is 1. The molecule has 0 saturated carbocycles. The molecule has 0 spiro atoms. The van der Waals surface area contributed by atoms with Crippen molar-refractivity contribution in [1.29, 1.82) is 0 Å². The SMILES string of the molecule is Cc1ccc(C)c(/C=C/C2CCCCCN2)c1. The molecule has 1 nitrogen and oxygen atoms in total. The van der Waals surface area contributed by atoms with Gasteiger partial charge in [0.15, 0.2) is 0 Å². The molecule has 92 valence electrons. The third-order valence-electron chi connectivity index (χ3n) is 3.54. The Morgan fingerprint density at radius 3 is 2.94 bits per heavy atom. The summed E-state index contributed by atoms with van der Waals surface area (Å²) in [6.07, 6.45) is 9.96. The molecule has 1 aliphatic rings. The van der Waals surface area contributed by atoms with E-state index in [2.05, 4.69) is 49.5 Å². The van der Waals surface area contributed by atoms with Crippen molar-refractivity contribution in [1.82, 2.24) is 5.32 Å². The fourth-order valence-corrected chi connectivity index (χ4v) is 2.38. The van der Waals surface area contributed by atoms with Crippen molar-refractivity contribution in [2.75, 3.05) is 6.54 Å². The molecule has 0 radical (unpaired) electrons. The van der Waals surface area contributed by atoms with Gasteiger partial charge in [-0.25, -0.2) is 0 Å². The van der Waals surface area contributed by atoms with Gasteiger partial charge in [0.2, 0.25) is 0 Å². The molecule has 1 aromatic carbocycles. The molecule has 1 heterocycles. The minimum Gasteiger partial charge on any atom is -0.311 e. The van der Waals surface area contributed by atoms with E-state index in [4.69, 9.17) is 0 Å². The highest BCUT2D eigenvalue weighted by atomic mass is 14.9. The molecule has 1 atom stereocenters. The molecular weight excluding hydrogens is 206 g/mol. The maximum Gasteiger partial charge on any atom is 0.0253 e. The zero-order valence-corrected chi connectivity index (χ0v) is 11.0. The van der Waals surface area contributed by atoms with E-state index < -0.39 is 0 Å². The van der Waals surface area contributed by atoms with Crippen LogP contribution in [0.1, 0.15) is 42.4 Å². The third-order valence-corrected chi connectivity index (χ3v) is 3.54. The van der Waals surface area contributed by atoms with Gasteiger partial charge in [-0.15, -0.1) is 0 Å². The summed E-state index contributed by atoms with van der Waals surface area (Å²) in [5.41, 5.74) is 4.06. The van der Waals surface area contributed by atoms with Crippen LogP contribution >= 0.6 is 0 Å². The summed E-state index contributed by atoms with van der Waals surface area (Å²) in [7, 11) is 0. The fraction of sp³-hybridized carbons (Fsp3) is 0.500. The summed E-state index contributed by atoms with van der Waals surface area (Å²) in [5.74, 6) is 0. The fourth-order valence-electron chi connectivity index (χ4n) is 2.38. The van der Waals surface area contributed by atoms with E-state index in [0.29, 0.717) is 6.04 Å². The molecule has 0 aliphatic carbocycles. The van der Waals surface area contributed by atoms with E-state index in [0.717, 1.165) is 0 Å². The van der Waals surface area contributed by atoms with Gasteiger partial charge in [-0.05, 0) is 44.4 Å². The summed E-state index contributed by atoms with van der Waals surface area (Å²) in [6, 6.07) is 7.21. The Labute approximate surface area is 105 Å². The van der Waals surface area contributed by atoms with Crippen LogP contribution in [0, 0.1) is 13.8 Å². The molecular formula is C16H23N. The van der Waals surface area contributed by atoms with Gasteiger partial charge in [0.1, 0.15) is 0 Å². The largest absolute Gasteiger partial charge is 0.311 e. The topological polar surface area (TPSA) is 12.0 Å². The molecule has 2 rings (SSSR count). The van der Waals surface area contributed by atoms with Crippen molar-refractivity contribution in [2.45, 2.75) is 45.6 Å². The van der Waals surface area contributed by atoms with Crippen molar-refractivity contribution in [3.05, 3.63) is 41.0 Å². The average molecular weight is 229 g/mol. The van der Waals surface area contributed by atoms with E-state index in [-0.39, 0.29) is 0 Å². The van der Waals surface area contributed by atoms with Crippen LogP contribution in [0.25, 0.3) is 6.08 Å². The van der Waals surface area contributed by atoms with Crippen molar-refractivity contribution < 1.29 is 0 Å². The third kappa shape index (κ3) is 3.71. The van der Waals surface area contributed by atoms with Crippen LogP contribution in [0.3, 0.4) is 0 Å². The Morgan fingerprint density at radius 1 is 1.18 bits per heavy atom. The highest BCUT2D eigenvalue weighted by Gasteiger charge is 2.07. The van der Waals surface area contributed by atoms with Crippen LogP contribution in [0.15, 0.2) is 24.3 Å². The van der Waals surface area contributed by atoms with Gasteiger partial charge >= 0.3 is 0 Å². The van der Waals surface area contributed by atoms with Crippen molar-refractivity contribution in [3.8, 4) is 0 Å². The Morgan fingerprint density at radius 2 is 2.06 bits per heavy atom. The van der Waals surface area contributed by atoms with Gasteiger partial charge in [0, 0.05) is 6.04 Å². The highest BCUT2D eigenvalue weighted by Crippen LogP contribution is 2.15. The Hall–Kier alpha value is -1.08. The minimum absolute atomic E-state index is 0.567. The molecule has 1 saturated heterocycles. The van der Waals surface area contributed by atoms with Gasteiger partial charge in [-0.2, -0.15) is 0 Å². The van der Waals surface area contributed by atoms with Crippen LogP contribution in [-0.4, -0.2) is 12.6 Å². The van der Waals surface area contributed by atoms with Crippen LogP contribution < -0.4 is 5.32 Å². The van der Waals surface area contributed by atoms with Gasteiger partial charge in [-0.3, -0.25) is 0 Å². The number of hydrogen-bond donors (Lipinski definition) is 1. The second-order valence-corrected chi connectivity index (χ2v) is 5.13. The van der Waals surface area contributed by atoms with Gasteiger partial charge in [0.25, 0.3) is 0 Å². The molecule has 0 bridgehead atoms. The maximum absolute atomic E-state index is 3.60. The maximum atomic E-state index is 3.60. The predicted octanol–water partition coefficient (Wildman–Crippen LogP) is 3.85. The number of hydrogen-bond acceptors (Lipinski definition) is 1.